The van der Waals surface area contributed by atoms with Crippen LogP contribution in [0.25, 0.3) is 17.0 Å². The number of imide groups is 1. The molecule has 0 radical (unpaired) electrons. The number of aromatic nitrogens is 1. The van der Waals surface area contributed by atoms with Gasteiger partial charge in [-0.1, -0.05) is 31.0 Å². The Morgan fingerprint density at radius 1 is 1.38 bits per heavy atom. The highest BCUT2D eigenvalue weighted by Crippen LogP contribution is 2.34. The smallest absolute Gasteiger partial charge is 0.294 e. The van der Waals surface area contributed by atoms with Crippen LogP contribution in [0.1, 0.15) is 18.1 Å². The van der Waals surface area contributed by atoms with Crippen molar-refractivity contribution in [2.75, 3.05) is 6.54 Å². The highest BCUT2D eigenvalue weighted by atomic mass is 32.2. The van der Waals surface area contributed by atoms with E-state index in [1.165, 1.54) is 0 Å². The average Bonchev–Trinajstić information content (AvgIpc) is 3.07. The molecule has 1 aliphatic heterocycles. The number of aryl methyl sites for hydroxylation is 1. The largest absolute Gasteiger partial charge is 0.368 e. The molecule has 0 bridgehead atoms. The molecule has 2 aromatic rings. The molecule has 0 spiro atoms. The molecule has 1 saturated heterocycles. The van der Waals surface area contributed by atoms with Gasteiger partial charge in [0.15, 0.2) is 0 Å². The summed E-state index contributed by atoms with van der Waals surface area (Å²) >= 11 is 0.860. The van der Waals surface area contributed by atoms with Gasteiger partial charge >= 0.3 is 0 Å². The minimum absolute atomic E-state index is 0.0416. The zero-order chi connectivity index (χ0) is 18.8. The Morgan fingerprint density at radius 3 is 2.81 bits per heavy atom. The van der Waals surface area contributed by atoms with Gasteiger partial charge in [0.2, 0.25) is 5.91 Å². The molecule has 132 valence electrons. The Labute approximate surface area is 155 Å². The van der Waals surface area contributed by atoms with E-state index < -0.39 is 11.8 Å². The number of rotatable bonds is 5. The summed E-state index contributed by atoms with van der Waals surface area (Å²) in [5.74, 6) is 1.46. The van der Waals surface area contributed by atoms with Crippen LogP contribution in [0.3, 0.4) is 0 Å². The van der Waals surface area contributed by atoms with E-state index in [0.717, 1.165) is 45.1 Å². The van der Waals surface area contributed by atoms with Crippen molar-refractivity contribution < 1.29 is 14.4 Å². The summed E-state index contributed by atoms with van der Waals surface area (Å²) in [6.07, 6.45) is 9.45. The molecule has 3 amide bonds. The number of nitrogens with two attached hydrogens (primary N) is 1. The Hall–Kier alpha value is -2.98. The fraction of sp³-hybridized carbons (Fsp3) is 0.211. The molecule has 6 nitrogen and oxygen atoms in total. The molecular formula is C19H17N3O3S. The zero-order valence-electron chi connectivity index (χ0n) is 14.2. The third-order valence-corrected chi connectivity index (χ3v) is 5.04. The number of hydrogen-bond acceptors (Lipinski definition) is 4. The van der Waals surface area contributed by atoms with Gasteiger partial charge in [-0.2, -0.15) is 0 Å². The van der Waals surface area contributed by atoms with Crippen molar-refractivity contribution in [3.63, 3.8) is 0 Å². The predicted octanol–water partition coefficient (Wildman–Crippen LogP) is 2.36. The van der Waals surface area contributed by atoms with Crippen molar-refractivity contribution in [3.8, 4) is 12.3 Å². The maximum absolute atomic E-state index is 12.4. The van der Waals surface area contributed by atoms with Crippen LogP contribution in [0.15, 0.2) is 29.3 Å². The molecule has 1 aromatic carbocycles. The predicted molar refractivity (Wildman–Crippen MR) is 102 cm³/mol. The fourth-order valence-corrected chi connectivity index (χ4v) is 3.86. The summed E-state index contributed by atoms with van der Waals surface area (Å²) < 4.78 is 1.79. The third-order valence-electron chi connectivity index (χ3n) is 4.13. The van der Waals surface area contributed by atoms with E-state index in [-0.39, 0.29) is 18.3 Å². The number of hydrogen-bond donors (Lipinski definition) is 1. The average molecular weight is 367 g/mol. The molecule has 26 heavy (non-hydrogen) atoms. The van der Waals surface area contributed by atoms with Gasteiger partial charge in [-0.15, -0.1) is 6.42 Å². The van der Waals surface area contributed by atoms with Crippen LogP contribution in [-0.2, 0) is 22.6 Å². The van der Waals surface area contributed by atoms with Crippen molar-refractivity contribution in [2.24, 2.45) is 5.73 Å². The molecule has 0 unspecified atom stereocenters. The van der Waals surface area contributed by atoms with Crippen molar-refractivity contribution in [2.45, 2.75) is 19.9 Å². The lowest BCUT2D eigenvalue weighted by molar-refractivity contribution is -0.122. The first-order chi connectivity index (χ1) is 12.5. The van der Waals surface area contributed by atoms with Gasteiger partial charge in [-0.05, 0) is 29.8 Å². The van der Waals surface area contributed by atoms with Crippen molar-refractivity contribution in [1.82, 2.24) is 9.47 Å². The first-order valence-corrected chi connectivity index (χ1v) is 8.85. The summed E-state index contributed by atoms with van der Waals surface area (Å²) in [5.41, 5.74) is 8.10. The second-order valence-corrected chi connectivity index (χ2v) is 6.81. The minimum atomic E-state index is -0.450. The fourth-order valence-electron chi connectivity index (χ4n) is 3.03. The van der Waals surface area contributed by atoms with Crippen LogP contribution < -0.4 is 5.73 Å². The van der Waals surface area contributed by atoms with Gasteiger partial charge < -0.3 is 10.3 Å². The summed E-state index contributed by atoms with van der Waals surface area (Å²) in [5, 5.41) is 0.517. The maximum atomic E-state index is 12.4. The van der Waals surface area contributed by atoms with Crippen molar-refractivity contribution >= 4 is 45.8 Å². The second kappa shape index (κ2) is 7.10. The minimum Gasteiger partial charge on any atom is -0.368 e. The highest BCUT2D eigenvalue weighted by Gasteiger charge is 2.34. The van der Waals surface area contributed by atoms with E-state index in [1.54, 1.807) is 16.8 Å². The molecular weight excluding hydrogens is 350 g/mol. The summed E-state index contributed by atoms with van der Waals surface area (Å²) in [6, 6.07) is 5.84. The number of para-hydroxylation sites is 1. The normalized spacial score (nSPS) is 15.8. The van der Waals surface area contributed by atoms with E-state index >= 15 is 0 Å². The lowest BCUT2D eigenvalue weighted by atomic mass is 10.1. The number of primary amides is 1. The number of carbonyl (C=O) groups excluding carboxylic acids is 3. The monoisotopic (exact) mass is 367 g/mol. The molecule has 2 heterocycles. The molecule has 2 N–H and O–H groups in total. The molecule has 0 saturated carbocycles. The summed E-state index contributed by atoms with van der Waals surface area (Å²) in [6.45, 7) is 2.02. The van der Waals surface area contributed by atoms with Crippen LogP contribution in [0.5, 0.6) is 0 Å². The maximum Gasteiger partial charge on any atom is 0.294 e. The summed E-state index contributed by atoms with van der Waals surface area (Å²) in [4.78, 5) is 37.1. The van der Waals surface area contributed by atoms with Gasteiger partial charge in [0, 0.05) is 17.1 Å². The Kier molecular flexibility index (Phi) is 4.87. The number of thioether (sulfide) groups is 1. The topological polar surface area (TPSA) is 85.4 Å². The van der Waals surface area contributed by atoms with Gasteiger partial charge in [0.1, 0.15) is 6.54 Å². The number of nitrogens with zero attached hydrogens (tertiary/aromatic N) is 2. The zero-order valence-corrected chi connectivity index (χ0v) is 15.0. The SMILES string of the molecule is C#CCN1C(=O)S/C(=C\c2cn(CC(N)=O)c3c(CC)cccc23)C1=O. The van der Waals surface area contributed by atoms with Crippen LogP contribution in [0, 0.1) is 12.3 Å². The van der Waals surface area contributed by atoms with Gasteiger partial charge in [-0.3, -0.25) is 19.3 Å². The lowest BCUT2D eigenvalue weighted by Gasteiger charge is -2.06. The molecule has 1 fully saturated rings. The molecule has 0 atom stereocenters. The van der Waals surface area contributed by atoms with Gasteiger partial charge in [0.05, 0.1) is 17.0 Å². The molecule has 1 aromatic heterocycles. The van der Waals surface area contributed by atoms with Crippen LogP contribution in [0.2, 0.25) is 0 Å². The molecule has 0 aliphatic carbocycles. The molecule has 7 heteroatoms. The first kappa shape index (κ1) is 17.8. The standard InChI is InChI=1S/C19H17N3O3S/c1-3-8-22-18(24)15(26-19(22)25)9-13-10-21(11-16(20)23)17-12(4-2)6-5-7-14(13)17/h1,5-7,9-10H,4,8,11H2,2H3,(H2,20,23)/b15-9-. The van der Waals surface area contributed by atoms with Crippen LogP contribution in [0.4, 0.5) is 4.79 Å². The summed E-state index contributed by atoms with van der Waals surface area (Å²) in [7, 11) is 0. The van der Waals surface area contributed by atoms with Gasteiger partial charge in [0.25, 0.3) is 11.1 Å². The van der Waals surface area contributed by atoms with Crippen molar-refractivity contribution in [1.29, 1.82) is 0 Å². The number of carbonyl (C=O) groups is 3. The van der Waals surface area contributed by atoms with Crippen molar-refractivity contribution in [3.05, 3.63) is 40.4 Å². The first-order valence-electron chi connectivity index (χ1n) is 8.04. The van der Waals surface area contributed by atoms with E-state index in [2.05, 4.69) is 5.92 Å². The Balaban J connectivity index is 2.12. The number of amides is 3. The van der Waals surface area contributed by atoms with Crippen LogP contribution >= 0.6 is 11.8 Å². The van der Waals surface area contributed by atoms with E-state index in [0.29, 0.717) is 4.91 Å². The van der Waals surface area contributed by atoms with E-state index in [9.17, 15) is 14.4 Å². The van der Waals surface area contributed by atoms with Crippen LogP contribution in [-0.4, -0.2) is 33.1 Å². The highest BCUT2D eigenvalue weighted by molar-refractivity contribution is 8.18. The molecule has 3 rings (SSSR count). The number of fused-ring (bicyclic) bond motifs is 1. The van der Waals surface area contributed by atoms with Gasteiger partial charge in [-0.25, -0.2) is 0 Å². The second-order valence-electron chi connectivity index (χ2n) is 5.82. The Bertz CT molecular complexity index is 997. The van der Waals surface area contributed by atoms with E-state index in [1.807, 2.05) is 25.1 Å². The lowest BCUT2D eigenvalue weighted by Crippen LogP contribution is -2.28. The Morgan fingerprint density at radius 2 is 2.15 bits per heavy atom. The van der Waals surface area contributed by atoms with E-state index in [4.69, 9.17) is 12.2 Å². The third kappa shape index (κ3) is 3.11. The molecule has 1 aliphatic rings. The quantitative estimate of drug-likeness (QED) is 0.649. The number of benzene rings is 1. The number of terminal acetylenes is 1.